The lowest BCUT2D eigenvalue weighted by atomic mass is 9.90. The third-order valence-corrected chi connectivity index (χ3v) is 8.58. The van der Waals surface area contributed by atoms with Gasteiger partial charge in [-0.2, -0.15) is 0 Å². The number of para-hydroxylation sites is 1. The van der Waals surface area contributed by atoms with E-state index < -0.39 is 15.4 Å². The van der Waals surface area contributed by atoms with Crippen molar-refractivity contribution in [2.45, 2.75) is 40.4 Å². The fraction of sp³-hybridized carbons (Fsp3) is 0.344. The van der Waals surface area contributed by atoms with Crippen LogP contribution in [-0.2, 0) is 39.2 Å². The number of nitrogens with one attached hydrogen (secondary N) is 1. The first-order valence-corrected chi connectivity index (χ1v) is 16.3. The van der Waals surface area contributed by atoms with E-state index in [0.29, 0.717) is 60.8 Å². The Morgan fingerprint density at radius 1 is 0.955 bits per heavy atom. The highest BCUT2D eigenvalue weighted by Gasteiger charge is 2.45. The van der Waals surface area contributed by atoms with Crippen LogP contribution in [0.3, 0.4) is 0 Å². The second-order valence-corrected chi connectivity index (χ2v) is 13.4. The summed E-state index contributed by atoms with van der Waals surface area (Å²) in [5.74, 6) is -0.538. The molecule has 11 nitrogen and oxygen atoms in total. The Morgan fingerprint density at radius 3 is 2.43 bits per heavy atom. The van der Waals surface area contributed by atoms with Crippen LogP contribution in [0.4, 0.5) is 17.1 Å². The highest BCUT2D eigenvalue weighted by atomic mass is 32.2. The van der Waals surface area contributed by atoms with Crippen LogP contribution in [0.2, 0.25) is 0 Å². The molecule has 5 rings (SSSR count). The van der Waals surface area contributed by atoms with Crippen LogP contribution < -0.4 is 20.1 Å². The number of hydrogen-bond donors (Lipinski definition) is 1. The van der Waals surface area contributed by atoms with Gasteiger partial charge in [0, 0.05) is 46.0 Å². The van der Waals surface area contributed by atoms with E-state index in [1.165, 1.54) is 6.26 Å². The monoisotopic (exact) mass is 619 g/mol. The van der Waals surface area contributed by atoms with Gasteiger partial charge in [0.05, 0.1) is 35.0 Å². The summed E-state index contributed by atoms with van der Waals surface area (Å²) in [4.78, 5) is 45.0. The van der Waals surface area contributed by atoms with E-state index in [9.17, 15) is 22.8 Å². The summed E-state index contributed by atoms with van der Waals surface area (Å²) in [6.45, 7) is 7.22. The predicted molar refractivity (Wildman–Crippen MR) is 171 cm³/mol. The highest BCUT2D eigenvalue weighted by molar-refractivity contribution is 7.92. The molecule has 0 fully saturated rings. The third kappa shape index (κ3) is 6.13. The molecular weight excluding hydrogens is 582 g/mol. The quantitative estimate of drug-likeness (QED) is 0.266. The molecule has 0 aliphatic carbocycles. The molecule has 2 amide bonds. The zero-order valence-electron chi connectivity index (χ0n) is 25.5. The molecule has 12 heteroatoms. The first-order valence-electron chi connectivity index (χ1n) is 14.4. The van der Waals surface area contributed by atoms with Crippen molar-refractivity contribution in [1.29, 1.82) is 0 Å². The Morgan fingerprint density at radius 2 is 1.70 bits per heavy atom. The molecule has 0 bridgehead atoms. The van der Waals surface area contributed by atoms with Crippen LogP contribution in [0.25, 0.3) is 11.0 Å². The van der Waals surface area contributed by atoms with Gasteiger partial charge in [-0.3, -0.25) is 24.0 Å². The zero-order valence-corrected chi connectivity index (χ0v) is 26.3. The Bertz CT molecular complexity index is 1890. The lowest BCUT2D eigenvalue weighted by molar-refractivity contribution is -0.137. The number of fused-ring (bicyclic) bond motifs is 2. The Kier molecular flexibility index (Phi) is 8.41. The van der Waals surface area contributed by atoms with E-state index in [1.54, 1.807) is 65.7 Å². The largest absolute Gasteiger partial charge is 0.464 e. The number of nitrogens with zero attached hydrogens (tertiary/aromatic N) is 4. The first kappa shape index (κ1) is 31.0. The molecule has 0 unspecified atom stereocenters. The van der Waals surface area contributed by atoms with Crippen molar-refractivity contribution < 1.29 is 22.4 Å². The average Bonchev–Trinajstić information content (AvgIpc) is 3.45. The molecule has 1 aliphatic heterocycles. The van der Waals surface area contributed by atoms with Gasteiger partial charge in [0.1, 0.15) is 11.0 Å². The highest BCUT2D eigenvalue weighted by Crippen LogP contribution is 2.39. The zero-order chi connectivity index (χ0) is 31.8. The van der Waals surface area contributed by atoms with Crippen molar-refractivity contribution in [3.63, 3.8) is 0 Å². The van der Waals surface area contributed by atoms with Crippen LogP contribution in [-0.4, -0.2) is 56.1 Å². The number of pyridine rings is 1. The molecular formula is C32H37N5O6S. The van der Waals surface area contributed by atoms with E-state index in [0.717, 1.165) is 17.4 Å². The molecule has 3 heterocycles. The standard InChI is InChI=1S/C32H37N5O6S/c1-6-37-26-12-11-22(19-27(26)34(4)30(39)32(2,3)31(37)40)20-35(21-23-9-7-8-10-25(23)33-44(5,41)42)16-17-36-15-13-28-24(29(36)38)14-18-43-28/h7-15,18-19,33H,6,16-17,20-21H2,1-5H3. The molecule has 232 valence electrons. The third-order valence-electron chi connectivity index (χ3n) is 7.99. The minimum Gasteiger partial charge on any atom is -0.464 e. The van der Waals surface area contributed by atoms with E-state index in [4.69, 9.17) is 4.42 Å². The number of aromatic nitrogens is 1. The molecule has 0 atom stereocenters. The van der Waals surface area contributed by atoms with Gasteiger partial charge >= 0.3 is 0 Å². The van der Waals surface area contributed by atoms with Crippen LogP contribution in [0, 0.1) is 5.41 Å². The topological polar surface area (TPSA) is 125 Å². The molecule has 1 aliphatic rings. The van der Waals surface area contributed by atoms with E-state index >= 15 is 0 Å². The molecule has 44 heavy (non-hydrogen) atoms. The van der Waals surface area contributed by atoms with E-state index in [1.807, 2.05) is 37.3 Å². The SMILES string of the molecule is CCN1C(=O)C(C)(C)C(=O)N(C)c2cc(CN(CCn3ccc4occc4c3=O)Cc3ccccc3NS(C)(=O)=O)ccc21. The lowest BCUT2D eigenvalue weighted by Crippen LogP contribution is -2.47. The summed E-state index contributed by atoms with van der Waals surface area (Å²) >= 11 is 0. The normalized spacial score (nSPS) is 15.1. The number of anilines is 3. The number of benzene rings is 2. The van der Waals surface area contributed by atoms with E-state index in [-0.39, 0.29) is 17.4 Å². The predicted octanol–water partition coefficient (Wildman–Crippen LogP) is 4.02. The van der Waals surface area contributed by atoms with E-state index in [2.05, 4.69) is 9.62 Å². The van der Waals surface area contributed by atoms with Crippen molar-refractivity contribution in [2.24, 2.45) is 5.41 Å². The number of carbonyl (C=O) groups is 2. The second-order valence-electron chi connectivity index (χ2n) is 11.6. The molecule has 2 aromatic heterocycles. The molecule has 0 saturated carbocycles. The van der Waals surface area contributed by atoms with Crippen molar-refractivity contribution in [2.75, 3.05) is 40.9 Å². The maximum Gasteiger partial charge on any atom is 0.261 e. The number of rotatable bonds is 10. The summed E-state index contributed by atoms with van der Waals surface area (Å²) in [5.41, 5.74) is 2.58. The molecule has 2 aromatic carbocycles. The number of hydrogen-bond acceptors (Lipinski definition) is 7. The van der Waals surface area contributed by atoms with Crippen LogP contribution in [0.5, 0.6) is 0 Å². The number of amides is 2. The molecule has 0 saturated heterocycles. The molecule has 0 spiro atoms. The van der Waals surface area contributed by atoms with Gasteiger partial charge in [0.25, 0.3) is 5.56 Å². The van der Waals surface area contributed by atoms with Gasteiger partial charge in [0.15, 0.2) is 0 Å². The van der Waals surface area contributed by atoms with Crippen LogP contribution in [0.15, 0.2) is 76.3 Å². The van der Waals surface area contributed by atoms with Crippen LogP contribution >= 0.6 is 0 Å². The van der Waals surface area contributed by atoms with Gasteiger partial charge < -0.3 is 18.8 Å². The molecule has 4 aromatic rings. The summed E-state index contributed by atoms with van der Waals surface area (Å²) in [6.07, 6.45) is 4.30. The van der Waals surface area contributed by atoms with Gasteiger partial charge in [-0.15, -0.1) is 0 Å². The smallest absolute Gasteiger partial charge is 0.261 e. The second kappa shape index (κ2) is 11.9. The minimum absolute atomic E-state index is 0.160. The van der Waals surface area contributed by atoms with Crippen LogP contribution in [0.1, 0.15) is 31.9 Å². The number of furan rings is 1. The van der Waals surface area contributed by atoms with Gasteiger partial charge in [-0.1, -0.05) is 24.3 Å². The van der Waals surface area contributed by atoms with Gasteiger partial charge in [0.2, 0.25) is 21.8 Å². The van der Waals surface area contributed by atoms with Gasteiger partial charge in [-0.25, -0.2) is 8.42 Å². The summed E-state index contributed by atoms with van der Waals surface area (Å²) < 4.78 is 33.7. The average molecular weight is 620 g/mol. The maximum atomic E-state index is 13.4. The number of carbonyl (C=O) groups excluding carboxylic acids is 2. The van der Waals surface area contributed by atoms with Crippen molar-refractivity contribution in [1.82, 2.24) is 9.47 Å². The Hall–Kier alpha value is -4.42. The Labute approximate surface area is 256 Å². The summed E-state index contributed by atoms with van der Waals surface area (Å²) in [6, 6.07) is 16.3. The van der Waals surface area contributed by atoms with Gasteiger partial charge in [-0.05, 0) is 62.2 Å². The fourth-order valence-corrected chi connectivity index (χ4v) is 6.25. The summed E-state index contributed by atoms with van der Waals surface area (Å²) in [7, 11) is -1.83. The lowest BCUT2D eigenvalue weighted by Gasteiger charge is -2.27. The molecule has 0 radical (unpaired) electrons. The Balaban J connectivity index is 1.49. The van der Waals surface area contributed by atoms with Crippen molar-refractivity contribution >= 4 is 49.9 Å². The number of sulfonamides is 1. The van der Waals surface area contributed by atoms with Crippen molar-refractivity contribution in [3.8, 4) is 0 Å². The van der Waals surface area contributed by atoms with Crippen molar-refractivity contribution in [3.05, 3.63) is 88.5 Å². The first-order chi connectivity index (χ1) is 20.8. The fourth-order valence-electron chi connectivity index (χ4n) is 5.65. The maximum absolute atomic E-state index is 13.4. The minimum atomic E-state index is -3.51. The summed E-state index contributed by atoms with van der Waals surface area (Å²) in [5, 5.41) is 0.498. The molecule has 1 N–H and O–H groups in total.